The first-order valence-corrected chi connectivity index (χ1v) is 4.49. The van der Waals surface area contributed by atoms with Crippen LogP contribution in [-0.2, 0) is 12.6 Å². The van der Waals surface area contributed by atoms with Crippen LogP contribution >= 0.6 is 0 Å². The minimum atomic E-state index is -4.84. The van der Waals surface area contributed by atoms with E-state index in [1.807, 2.05) is 0 Å². The van der Waals surface area contributed by atoms with Crippen LogP contribution in [0, 0.1) is 18.3 Å². The van der Waals surface area contributed by atoms with Gasteiger partial charge in [-0.05, 0) is 12.5 Å². The van der Waals surface area contributed by atoms with E-state index < -0.39 is 35.8 Å². The lowest BCUT2D eigenvalue weighted by Crippen LogP contribution is -2.15. The van der Waals surface area contributed by atoms with Crippen LogP contribution in [0.4, 0.5) is 22.0 Å². The summed E-state index contributed by atoms with van der Waals surface area (Å²) in [7, 11) is 0. The highest BCUT2D eigenvalue weighted by Crippen LogP contribution is 2.36. The Hall–Kier alpha value is -1.71. The average molecular weight is 250 g/mol. The number of hydrogen-bond acceptors (Lipinski definition) is 2. The highest BCUT2D eigenvalue weighted by atomic mass is 19.4. The van der Waals surface area contributed by atoms with E-state index in [4.69, 9.17) is 5.26 Å². The van der Waals surface area contributed by atoms with E-state index in [1.165, 1.54) is 13.0 Å². The predicted molar refractivity (Wildman–Crippen MR) is 48.3 cm³/mol. The van der Waals surface area contributed by atoms with E-state index in [0.717, 1.165) is 6.20 Å². The van der Waals surface area contributed by atoms with Crippen molar-refractivity contribution in [1.82, 2.24) is 4.98 Å². The summed E-state index contributed by atoms with van der Waals surface area (Å²) >= 11 is 0. The zero-order chi connectivity index (χ0) is 13.2. The second-order valence-corrected chi connectivity index (χ2v) is 3.32. The summed E-state index contributed by atoms with van der Waals surface area (Å²) in [6, 6.07) is 1.45. The molecule has 92 valence electrons. The van der Waals surface area contributed by atoms with Crippen molar-refractivity contribution < 1.29 is 22.0 Å². The molecule has 0 N–H and O–H groups in total. The summed E-state index contributed by atoms with van der Waals surface area (Å²) < 4.78 is 62.9. The van der Waals surface area contributed by atoms with Crippen LogP contribution in [0.15, 0.2) is 6.20 Å². The molecule has 0 unspecified atom stereocenters. The van der Waals surface area contributed by atoms with Crippen molar-refractivity contribution in [2.24, 2.45) is 0 Å². The van der Waals surface area contributed by atoms with E-state index in [-0.39, 0.29) is 5.56 Å². The molecule has 0 aliphatic rings. The second kappa shape index (κ2) is 4.65. The zero-order valence-corrected chi connectivity index (χ0v) is 8.65. The molecule has 0 atom stereocenters. The minimum Gasteiger partial charge on any atom is -0.251 e. The molecule has 0 amide bonds. The van der Waals surface area contributed by atoms with Crippen LogP contribution in [0.1, 0.15) is 28.8 Å². The maximum atomic E-state index is 12.7. The topological polar surface area (TPSA) is 36.7 Å². The third kappa shape index (κ3) is 2.70. The molecule has 0 bridgehead atoms. The van der Waals surface area contributed by atoms with Gasteiger partial charge in [-0.25, -0.2) is 8.78 Å². The molecule has 17 heavy (non-hydrogen) atoms. The Kier molecular flexibility index (Phi) is 3.66. The van der Waals surface area contributed by atoms with E-state index >= 15 is 0 Å². The minimum absolute atomic E-state index is 0.0572. The van der Waals surface area contributed by atoms with Crippen molar-refractivity contribution in [3.63, 3.8) is 0 Å². The Morgan fingerprint density at radius 1 is 1.41 bits per heavy atom. The lowest BCUT2D eigenvalue weighted by molar-refractivity contribution is -0.141. The number of pyridine rings is 1. The number of aromatic nitrogens is 1. The third-order valence-electron chi connectivity index (χ3n) is 2.17. The molecule has 1 aromatic rings. The van der Waals surface area contributed by atoms with Crippen molar-refractivity contribution in [3.8, 4) is 6.07 Å². The Labute approximate surface area is 93.7 Å². The van der Waals surface area contributed by atoms with Crippen LogP contribution in [0.5, 0.6) is 0 Å². The predicted octanol–water partition coefficient (Wildman–Crippen LogP) is 3.41. The molecule has 1 rings (SSSR count). The number of alkyl halides is 5. The lowest BCUT2D eigenvalue weighted by atomic mass is 9.99. The van der Waals surface area contributed by atoms with Gasteiger partial charge in [0.1, 0.15) is 5.69 Å². The highest BCUT2D eigenvalue weighted by molar-refractivity contribution is 5.39. The first kappa shape index (κ1) is 13.4. The van der Waals surface area contributed by atoms with Gasteiger partial charge >= 0.3 is 6.18 Å². The van der Waals surface area contributed by atoms with E-state index in [1.54, 1.807) is 0 Å². The van der Waals surface area contributed by atoms with Gasteiger partial charge in [-0.1, -0.05) is 0 Å². The monoisotopic (exact) mass is 250 g/mol. The standard InChI is InChI=1S/C10H7F5N2/c1-5-4-17-8(10(13,14)15)6(2-3-16)7(5)9(11)12/h4,9H,2H2,1H3. The maximum Gasteiger partial charge on any atom is 0.433 e. The van der Waals surface area contributed by atoms with Crippen LogP contribution in [-0.4, -0.2) is 4.98 Å². The molecule has 2 nitrogen and oxygen atoms in total. The fourth-order valence-corrected chi connectivity index (χ4v) is 1.48. The van der Waals surface area contributed by atoms with Gasteiger partial charge in [0.2, 0.25) is 0 Å². The molecule has 0 radical (unpaired) electrons. The maximum absolute atomic E-state index is 12.7. The molecule has 0 aliphatic heterocycles. The number of halogens is 5. The number of nitriles is 1. The number of hydrogen-bond donors (Lipinski definition) is 0. The molecule has 1 aromatic heterocycles. The molecule has 0 saturated heterocycles. The van der Waals surface area contributed by atoms with Gasteiger partial charge in [0.15, 0.2) is 0 Å². The van der Waals surface area contributed by atoms with Gasteiger partial charge < -0.3 is 0 Å². The van der Waals surface area contributed by atoms with Gasteiger partial charge in [0.05, 0.1) is 12.5 Å². The largest absolute Gasteiger partial charge is 0.433 e. The van der Waals surface area contributed by atoms with E-state index in [0.29, 0.717) is 0 Å². The Bertz CT molecular complexity index is 459. The van der Waals surface area contributed by atoms with Crippen molar-refractivity contribution in [2.75, 3.05) is 0 Å². The Morgan fingerprint density at radius 3 is 2.41 bits per heavy atom. The van der Waals surface area contributed by atoms with Gasteiger partial charge in [0.25, 0.3) is 6.43 Å². The molecule has 0 aliphatic carbocycles. The van der Waals surface area contributed by atoms with Gasteiger partial charge in [-0.15, -0.1) is 0 Å². The third-order valence-corrected chi connectivity index (χ3v) is 2.17. The van der Waals surface area contributed by atoms with Crippen molar-refractivity contribution in [3.05, 3.63) is 28.6 Å². The molecule has 0 spiro atoms. The fourth-order valence-electron chi connectivity index (χ4n) is 1.48. The highest BCUT2D eigenvalue weighted by Gasteiger charge is 2.37. The number of rotatable bonds is 2. The van der Waals surface area contributed by atoms with E-state index in [2.05, 4.69) is 4.98 Å². The van der Waals surface area contributed by atoms with Crippen LogP contribution in [0.3, 0.4) is 0 Å². The van der Waals surface area contributed by atoms with Crippen LogP contribution < -0.4 is 0 Å². The molecule has 1 heterocycles. The summed E-state index contributed by atoms with van der Waals surface area (Å²) in [6.45, 7) is 1.23. The summed E-state index contributed by atoms with van der Waals surface area (Å²) in [5.41, 5.74) is -2.97. The number of nitrogens with zero attached hydrogens (tertiary/aromatic N) is 2. The molecule has 0 fully saturated rings. The SMILES string of the molecule is Cc1cnc(C(F)(F)F)c(CC#N)c1C(F)F. The summed E-state index contributed by atoms with van der Waals surface area (Å²) in [6.07, 6.45) is -7.92. The molecular formula is C10H7F5N2. The normalized spacial score (nSPS) is 11.6. The molecule has 0 saturated carbocycles. The van der Waals surface area contributed by atoms with Crippen molar-refractivity contribution >= 4 is 0 Å². The molecule has 0 aromatic carbocycles. The smallest absolute Gasteiger partial charge is 0.251 e. The first-order chi connectivity index (χ1) is 7.79. The van der Waals surface area contributed by atoms with Crippen molar-refractivity contribution in [1.29, 1.82) is 5.26 Å². The fraction of sp³-hybridized carbons (Fsp3) is 0.400. The summed E-state index contributed by atoms with van der Waals surface area (Å²) in [4.78, 5) is 3.10. The van der Waals surface area contributed by atoms with Gasteiger partial charge in [-0.3, -0.25) is 4.98 Å². The first-order valence-electron chi connectivity index (χ1n) is 4.49. The van der Waals surface area contributed by atoms with E-state index in [9.17, 15) is 22.0 Å². The quantitative estimate of drug-likeness (QED) is 0.754. The second-order valence-electron chi connectivity index (χ2n) is 3.32. The average Bonchev–Trinajstić information content (AvgIpc) is 2.15. The van der Waals surface area contributed by atoms with Gasteiger partial charge in [0, 0.05) is 17.3 Å². The zero-order valence-electron chi connectivity index (χ0n) is 8.65. The summed E-state index contributed by atoms with van der Waals surface area (Å²) in [5.74, 6) is 0. The lowest BCUT2D eigenvalue weighted by Gasteiger charge is -2.15. The Morgan fingerprint density at radius 2 is 2.00 bits per heavy atom. The van der Waals surface area contributed by atoms with Gasteiger partial charge in [-0.2, -0.15) is 18.4 Å². The van der Waals surface area contributed by atoms with Crippen LogP contribution in [0.2, 0.25) is 0 Å². The molecule has 7 heteroatoms. The number of aryl methyl sites for hydroxylation is 1. The summed E-state index contributed by atoms with van der Waals surface area (Å²) in [5, 5.41) is 8.42. The Balaban J connectivity index is 3.54. The van der Waals surface area contributed by atoms with Crippen molar-refractivity contribution in [2.45, 2.75) is 25.9 Å². The van der Waals surface area contributed by atoms with Crippen LogP contribution in [0.25, 0.3) is 0 Å². The molecular weight excluding hydrogens is 243 g/mol.